The summed E-state index contributed by atoms with van der Waals surface area (Å²) in [6.45, 7) is 6.31. The number of nitrogens with one attached hydrogen (secondary N) is 2. The third kappa shape index (κ3) is 5.16. The van der Waals surface area contributed by atoms with E-state index < -0.39 is 0 Å². The topological polar surface area (TPSA) is 36.4 Å². The molecule has 2 aliphatic carbocycles. The first-order valence-electron chi connectivity index (χ1n) is 6.99. The molecule has 1 saturated carbocycles. The Kier molecular flexibility index (Phi) is 7.04. The van der Waals surface area contributed by atoms with Gasteiger partial charge in [0, 0.05) is 19.1 Å². The lowest BCUT2D eigenvalue weighted by Gasteiger charge is -2.17. The number of hydrogen-bond acceptors (Lipinski definition) is 1. The predicted molar refractivity (Wildman–Crippen MR) is 88.6 cm³/mol. The van der Waals surface area contributed by atoms with E-state index in [1.807, 2.05) is 0 Å². The minimum Gasteiger partial charge on any atom is -0.357 e. The molecule has 0 aromatic carbocycles. The molecule has 0 spiro atoms. The molecule has 104 valence electrons. The highest BCUT2D eigenvalue weighted by Gasteiger charge is 2.33. The summed E-state index contributed by atoms with van der Waals surface area (Å²) in [7, 11) is 0. The van der Waals surface area contributed by atoms with E-state index in [1.165, 1.54) is 25.7 Å². The van der Waals surface area contributed by atoms with Crippen LogP contribution in [0.3, 0.4) is 0 Å². The molecular formula is C14H26IN3. The van der Waals surface area contributed by atoms with Crippen LogP contribution in [0.4, 0.5) is 0 Å². The highest BCUT2D eigenvalue weighted by atomic mass is 127. The lowest BCUT2D eigenvalue weighted by molar-refractivity contribution is 0.490. The molecule has 2 N–H and O–H groups in total. The molecule has 4 heteroatoms. The van der Waals surface area contributed by atoms with Gasteiger partial charge < -0.3 is 10.6 Å². The van der Waals surface area contributed by atoms with Crippen LogP contribution in [-0.4, -0.2) is 25.1 Å². The summed E-state index contributed by atoms with van der Waals surface area (Å²) < 4.78 is 0. The van der Waals surface area contributed by atoms with Gasteiger partial charge in [-0.2, -0.15) is 0 Å². The first kappa shape index (κ1) is 15.8. The van der Waals surface area contributed by atoms with E-state index in [9.17, 15) is 0 Å². The van der Waals surface area contributed by atoms with Gasteiger partial charge in [0.15, 0.2) is 5.96 Å². The SMILES string of the molecule is CCNC(=NCC1CC=CCC1)NC1CC1C.I. The third-order valence-corrected chi connectivity index (χ3v) is 3.66. The predicted octanol–water partition coefficient (Wildman–Crippen LogP) is 2.92. The van der Waals surface area contributed by atoms with Crippen molar-refractivity contribution in [2.45, 2.75) is 45.6 Å². The fourth-order valence-electron chi connectivity index (χ4n) is 2.26. The molecule has 18 heavy (non-hydrogen) atoms. The van der Waals surface area contributed by atoms with Crippen LogP contribution in [-0.2, 0) is 0 Å². The van der Waals surface area contributed by atoms with Gasteiger partial charge in [0.2, 0.25) is 0 Å². The Balaban J connectivity index is 0.00000162. The molecule has 0 radical (unpaired) electrons. The van der Waals surface area contributed by atoms with E-state index >= 15 is 0 Å². The summed E-state index contributed by atoms with van der Waals surface area (Å²) in [4.78, 5) is 4.71. The second-order valence-electron chi connectivity index (χ2n) is 5.33. The van der Waals surface area contributed by atoms with Crippen molar-refractivity contribution in [3.05, 3.63) is 12.2 Å². The lowest BCUT2D eigenvalue weighted by atomic mass is 9.95. The Morgan fingerprint density at radius 1 is 1.39 bits per heavy atom. The van der Waals surface area contributed by atoms with E-state index in [4.69, 9.17) is 4.99 Å². The molecule has 0 bridgehead atoms. The van der Waals surface area contributed by atoms with Crippen LogP contribution in [0.5, 0.6) is 0 Å². The Bertz CT molecular complexity index is 301. The monoisotopic (exact) mass is 363 g/mol. The largest absolute Gasteiger partial charge is 0.357 e. The van der Waals surface area contributed by atoms with Crippen LogP contribution in [0.15, 0.2) is 17.1 Å². The van der Waals surface area contributed by atoms with Crippen LogP contribution in [0.1, 0.15) is 39.5 Å². The maximum atomic E-state index is 4.71. The normalized spacial score (nSPS) is 30.6. The van der Waals surface area contributed by atoms with Crippen LogP contribution in [0, 0.1) is 11.8 Å². The Morgan fingerprint density at radius 2 is 2.17 bits per heavy atom. The minimum absolute atomic E-state index is 0. The summed E-state index contributed by atoms with van der Waals surface area (Å²) in [5, 5.41) is 6.84. The van der Waals surface area contributed by atoms with Crippen molar-refractivity contribution >= 4 is 29.9 Å². The highest BCUT2D eigenvalue weighted by molar-refractivity contribution is 14.0. The Morgan fingerprint density at radius 3 is 2.72 bits per heavy atom. The molecular weight excluding hydrogens is 337 g/mol. The standard InChI is InChI=1S/C14H25N3.HI/c1-3-15-14(17-13-9-11(13)2)16-10-12-7-5-4-6-8-12;/h4-5,11-13H,3,6-10H2,1-2H3,(H2,15,16,17);1H. The average molecular weight is 363 g/mol. The number of aliphatic imine (C=N–C) groups is 1. The second kappa shape index (κ2) is 8.02. The van der Waals surface area contributed by atoms with E-state index in [-0.39, 0.29) is 24.0 Å². The van der Waals surface area contributed by atoms with Crippen molar-refractivity contribution in [3.8, 4) is 0 Å². The zero-order chi connectivity index (χ0) is 12.1. The Hall–Kier alpha value is -0.260. The molecule has 3 unspecified atom stereocenters. The summed E-state index contributed by atoms with van der Waals surface area (Å²) in [6.07, 6.45) is 9.59. The number of hydrogen-bond donors (Lipinski definition) is 2. The fraction of sp³-hybridized carbons (Fsp3) is 0.786. The van der Waals surface area contributed by atoms with Gasteiger partial charge in [-0.15, -0.1) is 24.0 Å². The summed E-state index contributed by atoms with van der Waals surface area (Å²) in [6, 6.07) is 0.652. The van der Waals surface area contributed by atoms with Gasteiger partial charge in [0.05, 0.1) is 0 Å². The summed E-state index contributed by atoms with van der Waals surface area (Å²) in [5.41, 5.74) is 0. The van der Waals surface area contributed by atoms with Gasteiger partial charge in [-0.3, -0.25) is 4.99 Å². The fourth-order valence-corrected chi connectivity index (χ4v) is 2.26. The number of allylic oxidation sites excluding steroid dienone is 2. The second-order valence-corrected chi connectivity index (χ2v) is 5.33. The molecule has 0 amide bonds. The number of rotatable bonds is 4. The first-order chi connectivity index (χ1) is 8.29. The van der Waals surface area contributed by atoms with Crippen molar-refractivity contribution in [1.82, 2.24) is 10.6 Å². The van der Waals surface area contributed by atoms with E-state index in [0.29, 0.717) is 6.04 Å². The van der Waals surface area contributed by atoms with Crippen LogP contribution < -0.4 is 10.6 Å². The zero-order valence-electron chi connectivity index (χ0n) is 11.5. The van der Waals surface area contributed by atoms with Crippen molar-refractivity contribution in [2.75, 3.05) is 13.1 Å². The average Bonchev–Trinajstić information content (AvgIpc) is 3.04. The zero-order valence-corrected chi connectivity index (χ0v) is 13.8. The van der Waals surface area contributed by atoms with Crippen molar-refractivity contribution in [1.29, 1.82) is 0 Å². The molecule has 0 saturated heterocycles. The smallest absolute Gasteiger partial charge is 0.191 e. The van der Waals surface area contributed by atoms with Crippen molar-refractivity contribution < 1.29 is 0 Å². The molecule has 2 rings (SSSR count). The molecule has 3 atom stereocenters. The first-order valence-corrected chi connectivity index (χ1v) is 6.99. The molecule has 0 aromatic rings. The van der Waals surface area contributed by atoms with E-state index in [1.54, 1.807) is 0 Å². The van der Waals surface area contributed by atoms with Crippen LogP contribution >= 0.6 is 24.0 Å². The van der Waals surface area contributed by atoms with E-state index in [0.717, 1.165) is 30.9 Å². The van der Waals surface area contributed by atoms with Gasteiger partial charge >= 0.3 is 0 Å². The molecule has 0 aromatic heterocycles. The summed E-state index contributed by atoms with van der Waals surface area (Å²) >= 11 is 0. The van der Waals surface area contributed by atoms with Gasteiger partial charge in [-0.25, -0.2) is 0 Å². The summed E-state index contributed by atoms with van der Waals surface area (Å²) in [5.74, 6) is 2.57. The van der Waals surface area contributed by atoms with Gasteiger partial charge in [-0.05, 0) is 44.4 Å². The minimum atomic E-state index is 0. The van der Waals surface area contributed by atoms with Gasteiger partial charge in [0.25, 0.3) is 0 Å². The maximum Gasteiger partial charge on any atom is 0.191 e. The number of halogens is 1. The maximum absolute atomic E-state index is 4.71. The number of guanidine groups is 1. The van der Waals surface area contributed by atoms with Crippen LogP contribution in [0.25, 0.3) is 0 Å². The van der Waals surface area contributed by atoms with Gasteiger partial charge in [-0.1, -0.05) is 19.1 Å². The lowest BCUT2D eigenvalue weighted by Crippen LogP contribution is -2.39. The molecule has 3 nitrogen and oxygen atoms in total. The van der Waals surface area contributed by atoms with E-state index in [2.05, 4.69) is 36.6 Å². The van der Waals surface area contributed by atoms with Crippen LogP contribution in [0.2, 0.25) is 0 Å². The number of nitrogens with zero attached hydrogens (tertiary/aromatic N) is 1. The molecule has 1 fully saturated rings. The molecule has 0 aliphatic heterocycles. The molecule has 2 aliphatic rings. The van der Waals surface area contributed by atoms with Gasteiger partial charge in [0.1, 0.15) is 0 Å². The Labute approximate surface area is 128 Å². The quantitative estimate of drug-likeness (QED) is 0.349. The molecule has 0 heterocycles. The highest BCUT2D eigenvalue weighted by Crippen LogP contribution is 2.28. The third-order valence-electron chi connectivity index (χ3n) is 3.66. The van der Waals surface area contributed by atoms with Crippen molar-refractivity contribution in [3.63, 3.8) is 0 Å². The van der Waals surface area contributed by atoms with Crippen molar-refractivity contribution in [2.24, 2.45) is 16.8 Å².